The van der Waals surface area contributed by atoms with Gasteiger partial charge in [0.25, 0.3) is 5.91 Å². The number of nitrogens with zero attached hydrogens (tertiary/aromatic N) is 1. The maximum absolute atomic E-state index is 12.7. The van der Waals surface area contributed by atoms with Crippen molar-refractivity contribution in [2.24, 2.45) is 11.8 Å². The number of benzene rings is 3. The van der Waals surface area contributed by atoms with Gasteiger partial charge in [-0.1, -0.05) is 46.8 Å². The number of carbonyl (C=O) groups is 4. The highest BCUT2D eigenvalue weighted by molar-refractivity contribution is 6.00. The van der Waals surface area contributed by atoms with Gasteiger partial charge in [-0.2, -0.15) is 0 Å². The molecule has 3 aromatic carbocycles. The smallest absolute Gasteiger partial charge is 0.338 e. The van der Waals surface area contributed by atoms with Crippen LogP contribution in [0.3, 0.4) is 0 Å². The first-order chi connectivity index (χ1) is 20.4. The predicted octanol–water partition coefficient (Wildman–Crippen LogP) is 6.12. The topological polar surface area (TPSA) is 111 Å². The molecule has 1 aliphatic rings. The van der Waals surface area contributed by atoms with Gasteiger partial charge in [0.05, 0.1) is 18.1 Å². The summed E-state index contributed by atoms with van der Waals surface area (Å²) in [5, 5.41) is 2.62. The number of amides is 2. The SMILES string of the molecule is CC(C)COC(=O)c1ccc(NC(=O)COC(=O)[C@@H]2CC(=O)N(c3ccc(Oc4ccc(C(C)(C)C)cc4)cc3)C2)cc1. The molecule has 1 fully saturated rings. The van der Waals surface area contributed by atoms with E-state index in [1.807, 2.05) is 38.1 Å². The quantitative estimate of drug-likeness (QED) is 0.285. The fraction of sp³-hybridized carbons (Fsp3) is 0.353. The highest BCUT2D eigenvalue weighted by Crippen LogP contribution is 2.30. The lowest BCUT2D eigenvalue weighted by Gasteiger charge is -2.19. The normalized spacial score (nSPS) is 14.9. The van der Waals surface area contributed by atoms with Crippen LogP contribution in [-0.2, 0) is 29.3 Å². The van der Waals surface area contributed by atoms with Gasteiger partial charge < -0.3 is 24.4 Å². The summed E-state index contributed by atoms with van der Waals surface area (Å²) in [6, 6.07) is 21.3. The van der Waals surface area contributed by atoms with E-state index in [-0.39, 0.29) is 30.2 Å². The van der Waals surface area contributed by atoms with Crippen molar-refractivity contribution in [3.8, 4) is 11.5 Å². The molecule has 0 saturated carbocycles. The molecule has 1 N–H and O–H groups in total. The molecule has 2 amide bonds. The molecule has 0 unspecified atom stereocenters. The van der Waals surface area contributed by atoms with Crippen molar-refractivity contribution >= 4 is 35.1 Å². The van der Waals surface area contributed by atoms with Crippen molar-refractivity contribution in [3.05, 3.63) is 83.9 Å². The van der Waals surface area contributed by atoms with Gasteiger partial charge >= 0.3 is 11.9 Å². The van der Waals surface area contributed by atoms with Crippen molar-refractivity contribution in [2.45, 2.75) is 46.5 Å². The zero-order valence-electron chi connectivity index (χ0n) is 25.2. The van der Waals surface area contributed by atoms with Gasteiger partial charge in [-0.25, -0.2) is 4.79 Å². The van der Waals surface area contributed by atoms with Gasteiger partial charge in [-0.3, -0.25) is 14.4 Å². The Morgan fingerprint density at radius 1 is 0.884 bits per heavy atom. The predicted molar refractivity (Wildman–Crippen MR) is 163 cm³/mol. The van der Waals surface area contributed by atoms with E-state index in [0.717, 1.165) is 0 Å². The highest BCUT2D eigenvalue weighted by Gasteiger charge is 2.36. The Bertz CT molecular complexity index is 1440. The summed E-state index contributed by atoms with van der Waals surface area (Å²) in [5.41, 5.74) is 2.72. The van der Waals surface area contributed by atoms with E-state index < -0.39 is 30.4 Å². The Kier molecular flexibility index (Phi) is 9.85. The number of hydrogen-bond donors (Lipinski definition) is 1. The summed E-state index contributed by atoms with van der Waals surface area (Å²) < 4.78 is 16.3. The van der Waals surface area contributed by atoms with Gasteiger partial charge in [-0.15, -0.1) is 0 Å². The number of nitrogens with one attached hydrogen (secondary N) is 1. The number of esters is 2. The molecular formula is C34H38N2O7. The van der Waals surface area contributed by atoms with Crippen molar-refractivity contribution < 1.29 is 33.4 Å². The van der Waals surface area contributed by atoms with E-state index in [4.69, 9.17) is 14.2 Å². The molecule has 1 saturated heterocycles. The van der Waals surface area contributed by atoms with Crippen molar-refractivity contribution in [1.29, 1.82) is 0 Å². The van der Waals surface area contributed by atoms with Crippen LogP contribution in [0, 0.1) is 11.8 Å². The van der Waals surface area contributed by atoms with Crippen LogP contribution in [0.1, 0.15) is 57.0 Å². The number of ether oxygens (including phenoxy) is 3. The molecule has 9 heteroatoms. The van der Waals surface area contributed by atoms with E-state index in [1.165, 1.54) is 10.5 Å². The summed E-state index contributed by atoms with van der Waals surface area (Å²) in [5.74, 6) is -0.915. The maximum Gasteiger partial charge on any atom is 0.338 e. The molecule has 0 bridgehead atoms. The zero-order valence-corrected chi connectivity index (χ0v) is 25.2. The first-order valence-corrected chi connectivity index (χ1v) is 14.3. The van der Waals surface area contributed by atoms with E-state index >= 15 is 0 Å². The Morgan fingerprint density at radius 3 is 2.07 bits per heavy atom. The monoisotopic (exact) mass is 586 g/mol. The molecule has 4 rings (SSSR count). The van der Waals surface area contributed by atoms with Gasteiger partial charge in [0, 0.05) is 24.3 Å². The second-order valence-electron chi connectivity index (χ2n) is 12.0. The summed E-state index contributed by atoms with van der Waals surface area (Å²) in [7, 11) is 0. The molecule has 226 valence electrons. The highest BCUT2D eigenvalue weighted by atomic mass is 16.5. The lowest BCUT2D eigenvalue weighted by Crippen LogP contribution is -2.28. The lowest BCUT2D eigenvalue weighted by atomic mass is 9.87. The average Bonchev–Trinajstić information content (AvgIpc) is 3.36. The van der Waals surface area contributed by atoms with Crippen LogP contribution in [0.25, 0.3) is 0 Å². The molecule has 1 aliphatic heterocycles. The van der Waals surface area contributed by atoms with Crippen molar-refractivity contribution in [3.63, 3.8) is 0 Å². The molecule has 9 nitrogen and oxygen atoms in total. The fourth-order valence-electron chi connectivity index (χ4n) is 4.44. The third-order valence-corrected chi connectivity index (χ3v) is 6.86. The lowest BCUT2D eigenvalue weighted by molar-refractivity contribution is -0.151. The van der Waals surface area contributed by atoms with E-state index in [0.29, 0.717) is 35.0 Å². The Balaban J connectivity index is 1.24. The second-order valence-corrected chi connectivity index (χ2v) is 12.0. The molecule has 3 aromatic rings. The largest absolute Gasteiger partial charge is 0.462 e. The van der Waals surface area contributed by atoms with Gasteiger partial charge in [0.1, 0.15) is 11.5 Å². The van der Waals surface area contributed by atoms with Crippen LogP contribution in [0.4, 0.5) is 11.4 Å². The summed E-state index contributed by atoms with van der Waals surface area (Å²) in [4.78, 5) is 51.2. The van der Waals surface area contributed by atoms with Gasteiger partial charge in [0.2, 0.25) is 5.91 Å². The van der Waals surface area contributed by atoms with E-state index in [2.05, 4.69) is 26.1 Å². The third kappa shape index (κ3) is 8.67. The standard InChI is InChI=1S/C34H38N2O7/c1-22(2)20-41-32(39)23-6-10-26(11-7-23)35-30(37)21-42-33(40)24-18-31(38)36(19-24)27-12-16-29(17-13-27)43-28-14-8-25(9-15-28)34(3,4)5/h6-17,22,24H,18-21H2,1-5H3,(H,35,37)/t24-/m1/s1. The minimum Gasteiger partial charge on any atom is -0.462 e. The Hall–Kier alpha value is -4.66. The molecule has 43 heavy (non-hydrogen) atoms. The van der Waals surface area contributed by atoms with Crippen LogP contribution in [0.15, 0.2) is 72.8 Å². The van der Waals surface area contributed by atoms with Crippen molar-refractivity contribution in [1.82, 2.24) is 0 Å². The maximum atomic E-state index is 12.7. The summed E-state index contributed by atoms with van der Waals surface area (Å²) in [6.07, 6.45) is -0.00675. The van der Waals surface area contributed by atoms with Crippen LogP contribution >= 0.6 is 0 Å². The third-order valence-electron chi connectivity index (χ3n) is 6.86. The Morgan fingerprint density at radius 2 is 1.49 bits per heavy atom. The van der Waals surface area contributed by atoms with Gasteiger partial charge in [0.15, 0.2) is 6.61 Å². The first kappa shape index (κ1) is 31.3. The van der Waals surface area contributed by atoms with E-state index in [1.54, 1.807) is 48.5 Å². The first-order valence-electron chi connectivity index (χ1n) is 14.3. The molecule has 0 radical (unpaired) electrons. The van der Waals surface area contributed by atoms with Crippen LogP contribution < -0.4 is 15.0 Å². The molecule has 0 spiro atoms. The van der Waals surface area contributed by atoms with Crippen LogP contribution in [0.5, 0.6) is 11.5 Å². The molecule has 0 aliphatic carbocycles. The molecule has 1 heterocycles. The fourth-order valence-corrected chi connectivity index (χ4v) is 4.44. The summed E-state index contributed by atoms with van der Waals surface area (Å²) in [6.45, 7) is 10.3. The molecule has 0 aromatic heterocycles. The van der Waals surface area contributed by atoms with Gasteiger partial charge in [-0.05, 0) is 77.6 Å². The summed E-state index contributed by atoms with van der Waals surface area (Å²) >= 11 is 0. The molecule has 1 atom stereocenters. The number of rotatable bonds is 10. The number of anilines is 2. The second kappa shape index (κ2) is 13.5. The van der Waals surface area contributed by atoms with Crippen LogP contribution in [0.2, 0.25) is 0 Å². The van der Waals surface area contributed by atoms with Crippen molar-refractivity contribution in [2.75, 3.05) is 30.0 Å². The average molecular weight is 587 g/mol. The molecular weight excluding hydrogens is 548 g/mol. The zero-order chi connectivity index (χ0) is 31.1. The Labute approximate surface area is 252 Å². The van der Waals surface area contributed by atoms with Crippen LogP contribution in [-0.4, -0.2) is 43.5 Å². The number of hydrogen-bond acceptors (Lipinski definition) is 7. The minimum absolute atomic E-state index is 0.00675. The minimum atomic E-state index is -0.686. The number of carbonyl (C=O) groups excluding carboxylic acids is 4. The van der Waals surface area contributed by atoms with E-state index in [9.17, 15) is 19.2 Å².